The molecule has 0 spiro atoms. The second kappa shape index (κ2) is 5.82. The van der Waals surface area contributed by atoms with Gasteiger partial charge in [-0.2, -0.15) is 0 Å². The highest BCUT2D eigenvalue weighted by Gasteiger charge is 2.21. The molecule has 5 heteroatoms. The Morgan fingerprint density at radius 2 is 1.95 bits per heavy atom. The zero-order chi connectivity index (χ0) is 14.6. The summed E-state index contributed by atoms with van der Waals surface area (Å²) in [6.45, 7) is 5.24. The van der Waals surface area contributed by atoms with E-state index in [9.17, 15) is 14.0 Å². The van der Waals surface area contributed by atoms with Crippen LogP contribution in [0.4, 0.5) is 4.39 Å². The van der Waals surface area contributed by atoms with Crippen molar-refractivity contribution >= 4 is 11.7 Å². The molecule has 0 aromatic heterocycles. The molecule has 0 atom stereocenters. The number of rotatable bonds is 4. The lowest BCUT2D eigenvalue weighted by atomic mass is 9.91. The zero-order valence-corrected chi connectivity index (χ0v) is 11.5. The van der Waals surface area contributed by atoms with Crippen LogP contribution in [0.2, 0.25) is 0 Å². The number of hydrogen-bond acceptors (Lipinski definition) is 3. The molecule has 0 radical (unpaired) electrons. The number of carbonyl (C=O) groups excluding carboxylic acids is 2. The molecule has 0 aliphatic carbocycles. The van der Waals surface area contributed by atoms with Crippen molar-refractivity contribution < 1.29 is 18.7 Å². The Bertz CT molecular complexity index is 492. The van der Waals surface area contributed by atoms with E-state index in [4.69, 9.17) is 4.74 Å². The van der Waals surface area contributed by atoms with E-state index in [0.29, 0.717) is 0 Å². The Labute approximate surface area is 112 Å². The van der Waals surface area contributed by atoms with Gasteiger partial charge in [0.2, 0.25) is 0 Å². The number of amides is 1. The second-order valence-electron chi connectivity index (χ2n) is 5.21. The molecule has 4 nitrogen and oxygen atoms in total. The van der Waals surface area contributed by atoms with Crippen molar-refractivity contribution in [3.63, 3.8) is 0 Å². The van der Waals surface area contributed by atoms with Crippen molar-refractivity contribution in [3.8, 4) is 5.75 Å². The third kappa shape index (κ3) is 4.05. The number of nitrogens with one attached hydrogen (secondary N) is 1. The summed E-state index contributed by atoms with van der Waals surface area (Å²) in [4.78, 5) is 23.4. The third-order valence-corrected chi connectivity index (χ3v) is 2.66. The largest absolute Gasteiger partial charge is 0.494 e. The summed E-state index contributed by atoms with van der Waals surface area (Å²) in [7, 11) is 1.35. The second-order valence-corrected chi connectivity index (χ2v) is 5.21. The average molecular weight is 267 g/mol. The highest BCUT2D eigenvalue weighted by Crippen LogP contribution is 2.18. The number of hydrogen-bond donors (Lipinski definition) is 1. The van der Waals surface area contributed by atoms with Crippen molar-refractivity contribution in [2.45, 2.75) is 20.8 Å². The van der Waals surface area contributed by atoms with Crippen molar-refractivity contribution in [2.24, 2.45) is 5.41 Å². The summed E-state index contributed by atoms with van der Waals surface area (Å²) < 4.78 is 18.2. The Balaban J connectivity index is 2.69. The van der Waals surface area contributed by atoms with Crippen molar-refractivity contribution in [1.29, 1.82) is 0 Å². The van der Waals surface area contributed by atoms with Crippen molar-refractivity contribution in [2.75, 3.05) is 13.7 Å². The van der Waals surface area contributed by atoms with Crippen LogP contribution in [-0.2, 0) is 4.79 Å². The first-order valence-corrected chi connectivity index (χ1v) is 5.90. The molecule has 0 bridgehead atoms. The molecule has 104 valence electrons. The quantitative estimate of drug-likeness (QED) is 0.909. The number of methoxy groups -OCH3 is 1. The lowest BCUT2D eigenvalue weighted by Crippen LogP contribution is -2.35. The third-order valence-electron chi connectivity index (χ3n) is 2.66. The molecule has 19 heavy (non-hydrogen) atoms. The van der Waals surface area contributed by atoms with E-state index in [1.807, 2.05) is 0 Å². The number of carbonyl (C=O) groups is 2. The maximum atomic E-state index is 13.4. The fraction of sp³-hybridized carbons (Fsp3) is 0.429. The Hall–Kier alpha value is -1.91. The maximum Gasteiger partial charge on any atom is 0.251 e. The van der Waals surface area contributed by atoms with Gasteiger partial charge in [0.1, 0.15) is 0 Å². The minimum absolute atomic E-state index is 0.0716. The summed E-state index contributed by atoms with van der Waals surface area (Å²) in [5.74, 6) is -1.12. The molecule has 0 saturated heterocycles. The number of halogens is 1. The van der Waals surface area contributed by atoms with E-state index in [0.717, 1.165) is 6.07 Å². The summed E-state index contributed by atoms with van der Waals surface area (Å²) >= 11 is 0. The Morgan fingerprint density at radius 1 is 1.32 bits per heavy atom. The van der Waals surface area contributed by atoms with Crippen LogP contribution in [0.1, 0.15) is 31.1 Å². The molecular weight excluding hydrogens is 249 g/mol. The first-order chi connectivity index (χ1) is 8.75. The molecule has 0 saturated carbocycles. The SMILES string of the molecule is COc1ccc(C(=O)NCC(=O)C(C)(C)C)cc1F. The predicted octanol–water partition coefficient (Wildman–Crippen LogP) is 2.18. The van der Waals surface area contributed by atoms with Crippen LogP contribution in [0.15, 0.2) is 18.2 Å². The number of ether oxygens (including phenoxy) is 1. The van der Waals surface area contributed by atoms with Gasteiger partial charge in [-0.25, -0.2) is 4.39 Å². The van der Waals surface area contributed by atoms with Crippen LogP contribution in [0.3, 0.4) is 0 Å². The topological polar surface area (TPSA) is 55.4 Å². The molecule has 0 fully saturated rings. The van der Waals surface area contributed by atoms with Gasteiger partial charge in [0.05, 0.1) is 13.7 Å². The first kappa shape index (κ1) is 15.1. The molecular formula is C14H18FNO3. The molecule has 0 heterocycles. The number of Topliss-reactive ketones (excluding diaryl/α,β-unsaturated/α-hetero) is 1. The number of ketones is 1. The van der Waals surface area contributed by atoms with Crippen LogP contribution in [0.25, 0.3) is 0 Å². The van der Waals surface area contributed by atoms with Crippen LogP contribution in [0, 0.1) is 11.2 Å². The van der Waals surface area contributed by atoms with E-state index in [2.05, 4.69) is 5.32 Å². The fourth-order valence-electron chi connectivity index (χ4n) is 1.34. The standard InChI is InChI=1S/C14H18FNO3/c1-14(2,3)12(17)8-16-13(18)9-5-6-11(19-4)10(15)7-9/h5-7H,8H2,1-4H3,(H,16,18). The molecule has 1 aromatic carbocycles. The zero-order valence-electron chi connectivity index (χ0n) is 11.5. The monoisotopic (exact) mass is 267 g/mol. The highest BCUT2D eigenvalue weighted by molar-refractivity contribution is 5.97. The van der Waals surface area contributed by atoms with Gasteiger partial charge < -0.3 is 10.1 Å². The molecule has 1 aromatic rings. The summed E-state index contributed by atoms with van der Waals surface area (Å²) in [6.07, 6.45) is 0. The molecule has 1 N–H and O–H groups in total. The molecule has 0 unspecified atom stereocenters. The van der Waals surface area contributed by atoms with Crippen LogP contribution >= 0.6 is 0 Å². The highest BCUT2D eigenvalue weighted by atomic mass is 19.1. The van der Waals surface area contributed by atoms with Gasteiger partial charge in [-0.05, 0) is 18.2 Å². The first-order valence-electron chi connectivity index (χ1n) is 5.90. The van der Waals surface area contributed by atoms with Crippen molar-refractivity contribution in [3.05, 3.63) is 29.6 Å². The number of benzene rings is 1. The van der Waals surface area contributed by atoms with E-state index in [1.165, 1.54) is 19.2 Å². The van der Waals surface area contributed by atoms with Gasteiger partial charge in [0.15, 0.2) is 17.3 Å². The lowest BCUT2D eigenvalue weighted by Gasteiger charge is -2.16. The summed E-state index contributed by atoms with van der Waals surface area (Å²) in [5, 5.41) is 2.47. The smallest absolute Gasteiger partial charge is 0.251 e. The fourth-order valence-corrected chi connectivity index (χ4v) is 1.34. The van der Waals surface area contributed by atoms with Gasteiger partial charge in [0.25, 0.3) is 5.91 Å². The van der Waals surface area contributed by atoms with E-state index in [1.54, 1.807) is 20.8 Å². The Kier molecular flexibility index (Phi) is 4.64. The van der Waals surface area contributed by atoms with Gasteiger partial charge >= 0.3 is 0 Å². The molecule has 1 amide bonds. The molecule has 0 aliphatic heterocycles. The Morgan fingerprint density at radius 3 is 2.42 bits per heavy atom. The van der Waals surface area contributed by atoms with Crippen LogP contribution < -0.4 is 10.1 Å². The normalized spacial score (nSPS) is 11.0. The predicted molar refractivity (Wildman–Crippen MR) is 69.7 cm³/mol. The van der Waals surface area contributed by atoms with Crippen molar-refractivity contribution in [1.82, 2.24) is 5.32 Å². The summed E-state index contributed by atoms with van der Waals surface area (Å²) in [5.41, 5.74) is -0.363. The molecule has 0 aliphatic rings. The van der Waals surface area contributed by atoms with Gasteiger partial charge in [-0.3, -0.25) is 9.59 Å². The molecule has 1 rings (SSSR count). The summed E-state index contributed by atoms with van der Waals surface area (Å²) in [6, 6.07) is 3.89. The van der Waals surface area contributed by atoms with Gasteiger partial charge in [-0.1, -0.05) is 20.8 Å². The maximum absolute atomic E-state index is 13.4. The van der Waals surface area contributed by atoms with Crippen LogP contribution in [0.5, 0.6) is 5.75 Å². The van der Waals surface area contributed by atoms with E-state index >= 15 is 0 Å². The van der Waals surface area contributed by atoms with E-state index in [-0.39, 0.29) is 23.6 Å². The van der Waals surface area contributed by atoms with Gasteiger partial charge in [-0.15, -0.1) is 0 Å². The average Bonchev–Trinajstić information content (AvgIpc) is 2.34. The lowest BCUT2D eigenvalue weighted by molar-refractivity contribution is -0.125. The van der Waals surface area contributed by atoms with Gasteiger partial charge in [0, 0.05) is 11.0 Å². The van der Waals surface area contributed by atoms with E-state index < -0.39 is 17.1 Å². The minimum Gasteiger partial charge on any atom is -0.494 e. The van der Waals surface area contributed by atoms with Crippen LogP contribution in [-0.4, -0.2) is 25.3 Å². The minimum atomic E-state index is -0.614.